The third-order valence-corrected chi connectivity index (χ3v) is 2.81. The summed E-state index contributed by atoms with van der Waals surface area (Å²) in [6, 6.07) is -0.148. The van der Waals surface area contributed by atoms with Gasteiger partial charge in [0.15, 0.2) is 5.82 Å². The molecule has 7 heteroatoms. The van der Waals surface area contributed by atoms with Crippen LogP contribution in [0.4, 0.5) is 4.79 Å². The Kier molecular flexibility index (Phi) is 5.29. The number of ether oxygens (including phenoxy) is 1. The summed E-state index contributed by atoms with van der Waals surface area (Å²) in [6.45, 7) is 6.54. The predicted molar refractivity (Wildman–Crippen MR) is 69.9 cm³/mol. The number of nitrogens with one attached hydrogen (secondary N) is 1. The second kappa shape index (κ2) is 6.51. The first-order valence-electron chi connectivity index (χ1n) is 6.17. The molecule has 0 aliphatic rings. The lowest BCUT2D eigenvalue weighted by molar-refractivity contribution is 0.0245. The minimum Gasteiger partial charge on any atom is -0.377 e. The Labute approximate surface area is 113 Å². The van der Waals surface area contributed by atoms with Gasteiger partial charge in [-0.25, -0.2) is 4.79 Å². The van der Waals surface area contributed by atoms with Gasteiger partial charge in [-0.3, -0.25) is 0 Å². The van der Waals surface area contributed by atoms with E-state index in [1.54, 1.807) is 26.0 Å². The molecule has 0 fully saturated rings. The normalized spacial score (nSPS) is 11.4. The van der Waals surface area contributed by atoms with Crippen molar-refractivity contribution >= 4 is 6.03 Å². The molecule has 7 nitrogen and oxygen atoms in total. The van der Waals surface area contributed by atoms with Gasteiger partial charge < -0.3 is 19.5 Å². The minimum absolute atomic E-state index is 0.148. The van der Waals surface area contributed by atoms with Crippen LogP contribution >= 0.6 is 0 Å². The largest absolute Gasteiger partial charge is 0.377 e. The zero-order valence-electron chi connectivity index (χ0n) is 12.2. The number of rotatable bonds is 6. The van der Waals surface area contributed by atoms with Crippen LogP contribution < -0.4 is 5.32 Å². The number of carbonyl (C=O) groups excluding carboxylic acids is 1. The molecule has 0 saturated carbocycles. The lowest BCUT2D eigenvalue weighted by Crippen LogP contribution is -2.45. The maximum atomic E-state index is 11.8. The van der Waals surface area contributed by atoms with Gasteiger partial charge >= 0.3 is 6.03 Å². The number of aromatic nitrogens is 2. The highest BCUT2D eigenvalue weighted by molar-refractivity contribution is 5.73. The molecule has 1 aromatic heterocycles. The maximum absolute atomic E-state index is 11.8. The van der Waals surface area contributed by atoms with Crippen molar-refractivity contribution in [2.75, 3.05) is 27.2 Å². The molecule has 1 heterocycles. The molecule has 0 unspecified atom stereocenters. The van der Waals surface area contributed by atoms with Gasteiger partial charge in [-0.15, -0.1) is 0 Å². The van der Waals surface area contributed by atoms with Crippen LogP contribution in [0.3, 0.4) is 0 Å². The third-order valence-electron chi connectivity index (χ3n) is 2.81. The van der Waals surface area contributed by atoms with Gasteiger partial charge in [-0.2, -0.15) is 4.98 Å². The number of urea groups is 1. The van der Waals surface area contributed by atoms with E-state index < -0.39 is 0 Å². The van der Waals surface area contributed by atoms with E-state index in [0.717, 1.165) is 0 Å². The first-order chi connectivity index (χ1) is 8.84. The SMILES string of the molecule is COC(C)(C)CNC(=O)N(C)CCc1noc(C)n1. The van der Waals surface area contributed by atoms with E-state index >= 15 is 0 Å². The Balaban J connectivity index is 2.32. The number of hydrogen-bond donors (Lipinski definition) is 1. The maximum Gasteiger partial charge on any atom is 0.317 e. The van der Waals surface area contributed by atoms with Crippen LogP contribution in [0.15, 0.2) is 4.52 Å². The van der Waals surface area contributed by atoms with E-state index in [1.807, 2.05) is 13.8 Å². The van der Waals surface area contributed by atoms with Crippen molar-refractivity contribution in [1.82, 2.24) is 20.4 Å². The van der Waals surface area contributed by atoms with Crippen LogP contribution in [0.1, 0.15) is 25.6 Å². The average molecular weight is 270 g/mol. The molecule has 0 aliphatic carbocycles. The lowest BCUT2D eigenvalue weighted by atomic mass is 10.1. The highest BCUT2D eigenvalue weighted by Crippen LogP contribution is 2.05. The van der Waals surface area contributed by atoms with Gasteiger partial charge in [0.2, 0.25) is 5.89 Å². The number of methoxy groups -OCH3 is 1. The Morgan fingerprint density at radius 2 is 2.21 bits per heavy atom. The molecule has 0 saturated heterocycles. The third kappa shape index (κ3) is 5.25. The molecule has 1 N–H and O–H groups in total. The zero-order valence-corrected chi connectivity index (χ0v) is 12.2. The first kappa shape index (κ1) is 15.4. The molecular weight excluding hydrogens is 248 g/mol. The van der Waals surface area contributed by atoms with Gasteiger partial charge in [-0.1, -0.05) is 5.16 Å². The summed E-state index contributed by atoms with van der Waals surface area (Å²) in [7, 11) is 3.34. The monoisotopic (exact) mass is 270 g/mol. The minimum atomic E-state index is -0.374. The van der Waals surface area contributed by atoms with Gasteiger partial charge in [0.1, 0.15) is 0 Å². The fourth-order valence-corrected chi connectivity index (χ4v) is 1.31. The van der Waals surface area contributed by atoms with E-state index in [0.29, 0.717) is 31.2 Å². The molecule has 0 atom stereocenters. The Morgan fingerprint density at radius 1 is 1.53 bits per heavy atom. The number of carbonyl (C=O) groups is 1. The van der Waals surface area contributed by atoms with Crippen molar-refractivity contribution in [3.8, 4) is 0 Å². The average Bonchev–Trinajstić information content (AvgIpc) is 2.79. The summed E-state index contributed by atoms with van der Waals surface area (Å²) in [5.74, 6) is 1.14. The predicted octanol–water partition coefficient (Wildman–Crippen LogP) is 0.987. The standard InChI is InChI=1S/C12H22N4O3/c1-9-14-10(15-19-9)6-7-16(4)11(17)13-8-12(2,3)18-5/h6-8H2,1-5H3,(H,13,17). The summed E-state index contributed by atoms with van der Waals surface area (Å²) in [4.78, 5) is 17.5. The quantitative estimate of drug-likeness (QED) is 0.833. The number of hydrogen-bond acceptors (Lipinski definition) is 5. The van der Waals surface area contributed by atoms with E-state index in [-0.39, 0.29) is 11.6 Å². The Morgan fingerprint density at radius 3 is 2.74 bits per heavy atom. The summed E-state index contributed by atoms with van der Waals surface area (Å²) in [6.07, 6.45) is 0.564. The molecule has 0 radical (unpaired) electrons. The smallest absolute Gasteiger partial charge is 0.317 e. The molecule has 19 heavy (non-hydrogen) atoms. The van der Waals surface area contributed by atoms with Crippen LogP contribution in [0.5, 0.6) is 0 Å². The van der Waals surface area contributed by atoms with Crippen LogP contribution in [0.25, 0.3) is 0 Å². The number of amides is 2. The molecule has 108 valence electrons. The second-order valence-electron chi connectivity index (χ2n) is 5.02. The number of nitrogens with zero attached hydrogens (tertiary/aromatic N) is 3. The summed E-state index contributed by atoms with van der Waals surface area (Å²) >= 11 is 0. The molecular formula is C12H22N4O3. The molecule has 2 amide bonds. The first-order valence-corrected chi connectivity index (χ1v) is 6.17. The van der Waals surface area contributed by atoms with Crippen molar-refractivity contribution in [2.45, 2.75) is 32.8 Å². The Bertz CT molecular complexity index is 417. The highest BCUT2D eigenvalue weighted by atomic mass is 16.5. The van der Waals surface area contributed by atoms with Crippen LogP contribution in [-0.4, -0.2) is 53.9 Å². The van der Waals surface area contributed by atoms with E-state index in [1.165, 1.54) is 0 Å². The summed E-state index contributed by atoms with van der Waals surface area (Å²) in [5, 5.41) is 6.59. The number of aryl methyl sites for hydroxylation is 1. The number of likely N-dealkylation sites (N-methyl/N-ethyl adjacent to an activating group) is 1. The van der Waals surface area contributed by atoms with Crippen molar-refractivity contribution in [2.24, 2.45) is 0 Å². The van der Waals surface area contributed by atoms with Crippen molar-refractivity contribution < 1.29 is 14.1 Å². The lowest BCUT2D eigenvalue weighted by Gasteiger charge is -2.25. The fourth-order valence-electron chi connectivity index (χ4n) is 1.31. The van der Waals surface area contributed by atoms with E-state index in [4.69, 9.17) is 9.26 Å². The molecule has 0 spiro atoms. The van der Waals surface area contributed by atoms with Crippen molar-refractivity contribution in [1.29, 1.82) is 0 Å². The molecule has 1 aromatic rings. The van der Waals surface area contributed by atoms with E-state index in [9.17, 15) is 4.79 Å². The Hall–Kier alpha value is -1.63. The fraction of sp³-hybridized carbons (Fsp3) is 0.750. The zero-order chi connectivity index (χ0) is 14.5. The second-order valence-corrected chi connectivity index (χ2v) is 5.02. The van der Waals surface area contributed by atoms with E-state index in [2.05, 4.69) is 15.5 Å². The highest BCUT2D eigenvalue weighted by Gasteiger charge is 2.18. The molecule has 0 aromatic carbocycles. The van der Waals surface area contributed by atoms with Gasteiger partial charge in [-0.05, 0) is 13.8 Å². The van der Waals surface area contributed by atoms with Crippen molar-refractivity contribution in [3.05, 3.63) is 11.7 Å². The van der Waals surface area contributed by atoms with Crippen molar-refractivity contribution in [3.63, 3.8) is 0 Å². The molecule has 0 aliphatic heterocycles. The van der Waals surface area contributed by atoms with Crippen LogP contribution in [-0.2, 0) is 11.2 Å². The summed E-state index contributed by atoms with van der Waals surface area (Å²) < 4.78 is 10.1. The van der Waals surface area contributed by atoms with Crippen LogP contribution in [0.2, 0.25) is 0 Å². The van der Waals surface area contributed by atoms with Crippen LogP contribution in [0, 0.1) is 6.92 Å². The molecule has 0 bridgehead atoms. The van der Waals surface area contributed by atoms with Gasteiger partial charge in [0.05, 0.1) is 5.60 Å². The van der Waals surface area contributed by atoms with Gasteiger partial charge in [0.25, 0.3) is 0 Å². The van der Waals surface area contributed by atoms with Gasteiger partial charge in [0, 0.05) is 40.6 Å². The molecule has 1 rings (SSSR count). The summed E-state index contributed by atoms with van der Waals surface area (Å²) in [5.41, 5.74) is -0.374. The topological polar surface area (TPSA) is 80.5 Å².